The number of hydrogen-bond acceptors (Lipinski definition) is 3. The van der Waals surface area contributed by atoms with Crippen molar-refractivity contribution >= 4 is 5.91 Å². The zero-order valence-corrected chi connectivity index (χ0v) is 18.3. The number of carbonyl (C=O) groups is 1. The van der Waals surface area contributed by atoms with Crippen molar-refractivity contribution in [2.24, 2.45) is 5.92 Å². The Hall–Kier alpha value is -3.28. The number of halogens is 1. The molecule has 1 unspecified atom stereocenters. The molecule has 2 aromatic carbocycles. The summed E-state index contributed by atoms with van der Waals surface area (Å²) in [4.78, 5) is 27.4. The summed E-state index contributed by atoms with van der Waals surface area (Å²) < 4.78 is 14.7. The number of benzene rings is 2. The second-order valence-electron chi connectivity index (χ2n) is 8.39. The maximum Gasteiger partial charge on any atom is 0.266 e. The first kappa shape index (κ1) is 21.9. The summed E-state index contributed by atoms with van der Waals surface area (Å²) in [5, 5.41) is 4.50. The van der Waals surface area contributed by atoms with Gasteiger partial charge in [0.05, 0.1) is 11.6 Å². The maximum absolute atomic E-state index is 13.2. The number of aromatic nitrogens is 2. The Morgan fingerprint density at radius 3 is 2.38 bits per heavy atom. The Morgan fingerprint density at radius 1 is 1.03 bits per heavy atom. The summed E-state index contributed by atoms with van der Waals surface area (Å²) in [6, 6.07) is 19.2. The predicted octanol–water partition coefficient (Wildman–Crippen LogP) is 4.48. The molecule has 0 spiro atoms. The van der Waals surface area contributed by atoms with Crippen LogP contribution in [0.25, 0.3) is 11.3 Å². The average molecular weight is 434 g/mol. The van der Waals surface area contributed by atoms with Crippen molar-refractivity contribution in [2.75, 3.05) is 13.1 Å². The molecule has 0 radical (unpaired) electrons. The van der Waals surface area contributed by atoms with Crippen LogP contribution in [0.2, 0.25) is 0 Å². The first-order chi connectivity index (χ1) is 15.5. The molecule has 2 heterocycles. The van der Waals surface area contributed by atoms with E-state index in [1.54, 1.807) is 18.2 Å². The third-order valence-corrected chi connectivity index (χ3v) is 6.27. The van der Waals surface area contributed by atoms with Gasteiger partial charge in [-0.3, -0.25) is 9.59 Å². The molecule has 1 amide bonds. The van der Waals surface area contributed by atoms with Crippen LogP contribution in [0.3, 0.4) is 0 Å². The summed E-state index contributed by atoms with van der Waals surface area (Å²) in [6.07, 6.45) is 2.45. The molecule has 6 heteroatoms. The lowest BCUT2D eigenvalue weighted by atomic mass is 9.92. The minimum absolute atomic E-state index is 0.107. The summed E-state index contributed by atoms with van der Waals surface area (Å²) in [6.45, 7) is 3.96. The summed E-state index contributed by atoms with van der Waals surface area (Å²) in [7, 11) is 0. The van der Waals surface area contributed by atoms with E-state index in [0.29, 0.717) is 25.3 Å². The highest BCUT2D eigenvalue weighted by molar-refractivity contribution is 5.83. The molecule has 0 saturated carbocycles. The molecule has 1 aliphatic heterocycles. The molecule has 1 aliphatic rings. The van der Waals surface area contributed by atoms with E-state index < -0.39 is 0 Å². The van der Waals surface area contributed by atoms with Crippen LogP contribution in [-0.4, -0.2) is 33.7 Å². The number of nitrogens with zero attached hydrogens (tertiary/aromatic N) is 3. The highest BCUT2D eigenvalue weighted by Gasteiger charge is 2.28. The number of piperidine rings is 1. The van der Waals surface area contributed by atoms with Gasteiger partial charge >= 0.3 is 0 Å². The Kier molecular flexibility index (Phi) is 6.78. The van der Waals surface area contributed by atoms with Gasteiger partial charge in [0.2, 0.25) is 5.91 Å². The first-order valence-electron chi connectivity index (χ1n) is 11.2. The largest absolute Gasteiger partial charge is 0.342 e. The van der Waals surface area contributed by atoms with Crippen LogP contribution >= 0.6 is 0 Å². The van der Waals surface area contributed by atoms with E-state index in [1.807, 2.05) is 35.2 Å². The number of hydrogen-bond donors (Lipinski definition) is 0. The quantitative estimate of drug-likeness (QED) is 0.576. The van der Waals surface area contributed by atoms with Gasteiger partial charge in [-0.2, -0.15) is 5.10 Å². The minimum Gasteiger partial charge on any atom is -0.342 e. The molecule has 1 fully saturated rings. The Balaban J connectivity index is 1.40. The van der Waals surface area contributed by atoms with Gasteiger partial charge in [-0.05, 0) is 61.1 Å². The van der Waals surface area contributed by atoms with Crippen LogP contribution in [-0.2, 0) is 11.3 Å². The molecule has 1 atom stereocenters. The number of rotatable bonds is 6. The normalized spacial score (nSPS) is 15.5. The lowest BCUT2D eigenvalue weighted by Crippen LogP contribution is -2.42. The summed E-state index contributed by atoms with van der Waals surface area (Å²) >= 11 is 0. The fraction of sp³-hybridized carbons (Fsp3) is 0.346. The molecule has 4 rings (SSSR count). The minimum atomic E-state index is -0.305. The third-order valence-electron chi connectivity index (χ3n) is 6.27. The van der Waals surface area contributed by atoms with Crippen molar-refractivity contribution in [3.05, 3.63) is 88.5 Å². The molecule has 0 aliphatic carbocycles. The highest BCUT2D eigenvalue weighted by Crippen LogP contribution is 2.26. The van der Waals surface area contributed by atoms with Crippen molar-refractivity contribution in [1.29, 1.82) is 0 Å². The van der Waals surface area contributed by atoms with Gasteiger partial charge in [-0.1, -0.05) is 37.3 Å². The van der Waals surface area contributed by atoms with E-state index in [0.717, 1.165) is 30.4 Å². The van der Waals surface area contributed by atoms with Crippen molar-refractivity contribution in [2.45, 2.75) is 38.6 Å². The topological polar surface area (TPSA) is 55.2 Å². The molecule has 166 valence electrons. The van der Waals surface area contributed by atoms with E-state index in [9.17, 15) is 14.0 Å². The maximum atomic E-state index is 13.2. The number of carbonyl (C=O) groups excluding carboxylic acids is 1. The standard InChI is InChI=1S/C26H28FN3O2/c1-2-23(20-6-4-3-5-7-20)26(32)29-16-14-19(15-17-29)18-30-25(31)13-12-24(28-30)21-8-10-22(27)11-9-21/h3-13,19,23H,2,14-18H2,1H3. The lowest BCUT2D eigenvalue weighted by molar-refractivity contribution is -0.134. The summed E-state index contributed by atoms with van der Waals surface area (Å²) in [5.41, 5.74) is 2.33. The van der Waals surface area contributed by atoms with E-state index in [1.165, 1.54) is 22.9 Å². The number of amides is 1. The van der Waals surface area contributed by atoms with Crippen LogP contribution in [0.1, 0.15) is 37.7 Å². The highest BCUT2D eigenvalue weighted by atomic mass is 19.1. The Labute approximate surface area is 187 Å². The Bertz CT molecular complexity index is 1100. The molecule has 1 aromatic heterocycles. The monoisotopic (exact) mass is 433 g/mol. The lowest BCUT2D eigenvalue weighted by Gasteiger charge is -2.34. The van der Waals surface area contributed by atoms with Crippen LogP contribution in [0.5, 0.6) is 0 Å². The second kappa shape index (κ2) is 9.90. The molecule has 3 aromatic rings. The van der Waals surface area contributed by atoms with E-state index in [-0.39, 0.29) is 29.1 Å². The summed E-state index contributed by atoms with van der Waals surface area (Å²) in [5.74, 6) is 0.0562. The van der Waals surface area contributed by atoms with Gasteiger partial charge in [-0.25, -0.2) is 9.07 Å². The SMILES string of the molecule is CCC(C(=O)N1CCC(Cn2nc(-c3ccc(F)cc3)ccc2=O)CC1)c1ccccc1. The first-order valence-corrected chi connectivity index (χ1v) is 11.2. The fourth-order valence-corrected chi connectivity index (χ4v) is 4.39. The van der Waals surface area contributed by atoms with Gasteiger partial charge in [-0.15, -0.1) is 0 Å². The van der Waals surface area contributed by atoms with E-state index in [4.69, 9.17) is 0 Å². The fourth-order valence-electron chi connectivity index (χ4n) is 4.39. The third kappa shape index (κ3) is 4.96. The molecular formula is C26H28FN3O2. The van der Waals surface area contributed by atoms with Crippen LogP contribution in [0.4, 0.5) is 4.39 Å². The molecule has 0 N–H and O–H groups in total. The van der Waals surface area contributed by atoms with Gasteiger partial charge in [0.1, 0.15) is 5.82 Å². The van der Waals surface area contributed by atoms with Crippen molar-refractivity contribution < 1.29 is 9.18 Å². The predicted molar refractivity (Wildman–Crippen MR) is 123 cm³/mol. The molecule has 1 saturated heterocycles. The Morgan fingerprint density at radius 2 is 1.72 bits per heavy atom. The second-order valence-corrected chi connectivity index (χ2v) is 8.39. The molecule has 5 nitrogen and oxygen atoms in total. The smallest absolute Gasteiger partial charge is 0.266 e. The molecule has 0 bridgehead atoms. The van der Waals surface area contributed by atoms with Gasteiger partial charge in [0.25, 0.3) is 5.56 Å². The van der Waals surface area contributed by atoms with Crippen LogP contribution < -0.4 is 5.56 Å². The average Bonchev–Trinajstić information content (AvgIpc) is 2.83. The van der Waals surface area contributed by atoms with Crippen molar-refractivity contribution in [3.63, 3.8) is 0 Å². The van der Waals surface area contributed by atoms with E-state index >= 15 is 0 Å². The van der Waals surface area contributed by atoms with Crippen LogP contribution in [0.15, 0.2) is 71.5 Å². The van der Waals surface area contributed by atoms with Crippen molar-refractivity contribution in [1.82, 2.24) is 14.7 Å². The zero-order chi connectivity index (χ0) is 22.5. The van der Waals surface area contributed by atoms with Gasteiger partial charge < -0.3 is 4.90 Å². The van der Waals surface area contributed by atoms with Crippen molar-refractivity contribution in [3.8, 4) is 11.3 Å². The zero-order valence-electron chi connectivity index (χ0n) is 18.3. The van der Waals surface area contributed by atoms with Crippen LogP contribution in [0, 0.1) is 11.7 Å². The van der Waals surface area contributed by atoms with Gasteiger partial charge in [0.15, 0.2) is 0 Å². The number of likely N-dealkylation sites (tertiary alicyclic amines) is 1. The van der Waals surface area contributed by atoms with Gasteiger partial charge in [0, 0.05) is 31.3 Å². The molecular weight excluding hydrogens is 405 g/mol. The van der Waals surface area contributed by atoms with E-state index in [2.05, 4.69) is 12.0 Å². The molecule has 32 heavy (non-hydrogen) atoms.